The molecule has 3 aliphatic rings. The van der Waals surface area contributed by atoms with Gasteiger partial charge >= 0.3 is 0 Å². The fourth-order valence-corrected chi connectivity index (χ4v) is 12.4. The van der Waals surface area contributed by atoms with Crippen molar-refractivity contribution in [2.75, 3.05) is 17.2 Å². The maximum atomic E-state index is 11.7. The SMILES string of the molecule is CC1(O)CCC(n2nc(-c3ccc(Oc4ccccc4)cc3)c3c(N)ncnc32)CC1.CC1(O)CCC(n2nc(-c3ccc(Oc4ccccc4)cc3)c3c(N)ncnc32)CC1.Nc1ncnc2c1c(-c1ccc(Oc3ccccc3)cc1)nn2C1CCC(=O)CC1. The Bertz CT molecular complexity index is 4300. The number of hydrogen-bond donors (Lipinski definition) is 5. The number of aliphatic hydroxyl groups is 2. The molecule has 3 fully saturated rings. The van der Waals surface area contributed by atoms with Crippen LogP contribution < -0.4 is 31.4 Å². The number of rotatable bonds is 12. The van der Waals surface area contributed by atoms with Crippen LogP contribution in [0.1, 0.15) is 109 Å². The van der Waals surface area contributed by atoms with Crippen molar-refractivity contribution in [3.8, 4) is 68.3 Å². The second-order valence-corrected chi connectivity index (χ2v) is 24.3. The lowest BCUT2D eigenvalue weighted by Gasteiger charge is -2.33. The molecular formula is C71H71N15O6. The number of nitrogens with zero attached hydrogens (tertiary/aromatic N) is 12. The van der Waals surface area contributed by atoms with E-state index in [0.717, 1.165) is 160 Å². The number of aromatic nitrogens is 12. The molecule has 6 aromatic heterocycles. The summed E-state index contributed by atoms with van der Waals surface area (Å²) in [5, 5.41) is 37.6. The second-order valence-electron chi connectivity index (χ2n) is 24.3. The van der Waals surface area contributed by atoms with E-state index in [0.29, 0.717) is 41.7 Å². The Morgan fingerprint density at radius 3 is 0.924 bits per heavy atom. The Kier molecular flexibility index (Phi) is 17.1. The van der Waals surface area contributed by atoms with E-state index in [-0.39, 0.29) is 18.1 Å². The first-order valence-electron chi connectivity index (χ1n) is 31.1. The van der Waals surface area contributed by atoms with Gasteiger partial charge in [-0.2, -0.15) is 15.3 Å². The van der Waals surface area contributed by atoms with Crippen LogP contribution in [0.5, 0.6) is 34.5 Å². The van der Waals surface area contributed by atoms with E-state index in [1.807, 2.05) is 192 Å². The summed E-state index contributed by atoms with van der Waals surface area (Å²) in [6, 6.07) is 52.8. The summed E-state index contributed by atoms with van der Waals surface area (Å²) in [6.07, 6.45) is 13.4. The molecule has 8 N–H and O–H groups in total. The number of hydrogen-bond acceptors (Lipinski definition) is 18. The molecule has 21 heteroatoms. The topological polar surface area (TPSA) is 294 Å². The molecule has 0 bridgehead atoms. The van der Waals surface area contributed by atoms with Gasteiger partial charge in [0.15, 0.2) is 16.9 Å². The summed E-state index contributed by atoms with van der Waals surface area (Å²) >= 11 is 0. The van der Waals surface area contributed by atoms with Crippen molar-refractivity contribution in [3.05, 3.63) is 183 Å². The zero-order chi connectivity index (χ0) is 63.3. The number of nitrogen functional groups attached to an aromatic ring is 3. The van der Waals surface area contributed by atoms with Crippen molar-refractivity contribution in [2.24, 2.45) is 0 Å². The van der Waals surface area contributed by atoms with Crippen molar-refractivity contribution in [3.63, 3.8) is 0 Å². The van der Waals surface area contributed by atoms with E-state index >= 15 is 0 Å². The molecule has 3 aliphatic carbocycles. The number of carbonyl (C=O) groups is 1. The molecule has 0 atom stereocenters. The predicted molar refractivity (Wildman–Crippen MR) is 354 cm³/mol. The van der Waals surface area contributed by atoms with Gasteiger partial charge in [0.05, 0.1) is 45.5 Å². The molecule has 12 aromatic rings. The molecule has 6 heterocycles. The number of benzene rings is 6. The van der Waals surface area contributed by atoms with Gasteiger partial charge in [0.2, 0.25) is 0 Å². The Hall–Kier alpha value is -10.6. The van der Waals surface area contributed by atoms with E-state index in [1.165, 1.54) is 19.0 Å². The Balaban J connectivity index is 0.000000126. The zero-order valence-corrected chi connectivity index (χ0v) is 51.2. The van der Waals surface area contributed by atoms with Gasteiger partial charge in [-0.15, -0.1) is 0 Å². The lowest BCUT2D eigenvalue weighted by atomic mass is 9.84. The standard InChI is InChI=1S/2C24H25N5O2.C23H21N5O2/c2*1-24(30)13-11-17(12-14-24)29-23-20(22(25)26-15-27-23)21(28-29)16-7-9-19(10-8-16)31-18-5-3-2-4-6-18;24-22-20-21(15-6-12-19(13-7-15)30-18-4-2-1-3-5-18)27-28(23(20)26-14-25-22)16-8-10-17(29)11-9-16/h2*2-10,15,17,30H,11-14H2,1H3,(H2,25,26,27);1-7,12-14,16H,8-11H2,(H2,24,25,26). The van der Waals surface area contributed by atoms with Gasteiger partial charge in [-0.25, -0.2) is 43.9 Å². The van der Waals surface area contributed by atoms with Crippen LogP contribution in [0, 0.1) is 0 Å². The van der Waals surface area contributed by atoms with Crippen LogP contribution >= 0.6 is 0 Å². The quantitative estimate of drug-likeness (QED) is 0.0759. The highest BCUT2D eigenvalue weighted by Crippen LogP contribution is 2.42. The van der Waals surface area contributed by atoms with Crippen LogP contribution in [0.2, 0.25) is 0 Å². The van der Waals surface area contributed by atoms with Crippen molar-refractivity contribution in [1.82, 2.24) is 59.2 Å². The largest absolute Gasteiger partial charge is 0.457 e. The minimum absolute atomic E-state index is 0.133. The fourth-order valence-electron chi connectivity index (χ4n) is 12.4. The maximum Gasteiger partial charge on any atom is 0.164 e. The third-order valence-electron chi connectivity index (χ3n) is 17.5. The van der Waals surface area contributed by atoms with E-state index in [1.54, 1.807) is 0 Å². The summed E-state index contributed by atoms with van der Waals surface area (Å²) in [7, 11) is 0. The predicted octanol–water partition coefficient (Wildman–Crippen LogP) is 14.0. The summed E-state index contributed by atoms with van der Waals surface area (Å²) in [5.41, 5.74) is 24.7. The van der Waals surface area contributed by atoms with Gasteiger partial charge in [-0.3, -0.25) is 4.79 Å². The van der Waals surface area contributed by atoms with Crippen molar-refractivity contribution >= 4 is 56.3 Å². The summed E-state index contributed by atoms with van der Waals surface area (Å²) in [5.74, 6) is 6.13. The number of fused-ring (bicyclic) bond motifs is 3. The number of ether oxygens (including phenoxy) is 3. The van der Waals surface area contributed by atoms with E-state index < -0.39 is 11.2 Å². The number of anilines is 3. The smallest absolute Gasteiger partial charge is 0.164 e. The van der Waals surface area contributed by atoms with Crippen LogP contribution in [0.25, 0.3) is 66.9 Å². The average Bonchev–Trinajstić information content (AvgIpc) is 1.66. The highest BCUT2D eigenvalue weighted by atomic mass is 16.5. The molecule has 6 aromatic carbocycles. The van der Waals surface area contributed by atoms with Gasteiger partial charge in [0.25, 0.3) is 0 Å². The highest BCUT2D eigenvalue weighted by molar-refractivity contribution is 6.00. The summed E-state index contributed by atoms with van der Waals surface area (Å²) in [6.45, 7) is 3.80. The average molecular weight is 1230 g/mol. The molecule has 15 rings (SSSR count). The number of Topliss-reactive ketones (excluding diaryl/α,β-unsaturated/α-hetero) is 1. The number of carbonyl (C=O) groups excluding carboxylic acids is 1. The monoisotopic (exact) mass is 1230 g/mol. The van der Waals surface area contributed by atoms with Crippen molar-refractivity contribution in [2.45, 2.75) is 120 Å². The summed E-state index contributed by atoms with van der Waals surface area (Å²) in [4.78, 5) is 37.7. The van der Waals surface area contributed by atoms with E-state index in [9.17, 15) is 15.0 Å². The highest BCUT2D eigenvalue weighted by Gasteiger charge is 2.34. The van der Waals surface area contributed by atoms with Gasteiger partial charge < -0.3 is 41.6 Å². The van der Waals surface area contributed by atoms with Crippen LogP contribution in [-0.4, -0.2) is 86.4 Å². The molecule has 0 unspecified atom stereocenters. The van der Waals surface area contributed by atoms with Crippen molar-refractivity contribution in [1.29, 1.82) is 0 Å². The molecule has 0 aliphatic heterocycles. The Labute approximate surface area is 530 Å². The van der Waals surface area contributed by atoms with Crippen LogP contribution in [0.4, 0.5) is 17.5 Å². The maximum absolute atomic E-state index is 11.7. The first kappa shape index (κ1) is 60.3. The van der Waals surface area contributed by atoms with Crippen molar-refractivity contribution < 1.29 is 29.2 Å². The van der Waals surface area contributed by atoms with Crippen LogP contribution in [0.15, 0.2) is 183 Å². The number of nitrogens with two attached hydrogens (primary N) is 3. The number of ketones is 1. The van der Waals surface area contributed by atoms with Gasteiger partial charge in [0.1, 0.15) is 93.8 Å². The first-order valence-corrected chi connectivity index (χ1v) is 31.1. The molecular weight excluding hydrogens is 1160 g/mol. The molecule has 466 valence electrons. The lowest BCUT2D eigenvalue weighted by Crippen LogP contribution is -2.31. The molecule has 21 nitrogen and oxygen atoms in total. The molecule has 0 amide bonds. The van der Waals surface area contributed by atoms with Gasteiger partial charge in [-0.1, -0.05) is 54.6 Å². The molecule has 3 saturated carbocycles. The Morgan fingerprint density at radius 2 is 0.641 bits per heavy atom. The minimum Gasteiger partial charge on any atom is -0.457 e. The second kappa shape index (κ2) is 26.1. The minimum atomic E-state index is -0.606. The molecule has 0 spiro atoms. The summed E-state index contributed by atoms with van der Waals surface area (Å²) < 4.78 is 23.5. The van der Waals surface area contributed by atoms with Gasteiger partial charge in [-0.05, 0) is 187 Å². The normalized spacial score (nSPS) is 19.2. The van der Waals surface area contributed by atoms with E-state index in [2.05, 4.69) is 29.9 Å². The van der Waals surface area contributed by atoms with Crippen LogP contribution in [0.3, 0.4) is 0 Å². The van der Waals surface area contributed by atoms with E-state index in [4.69, 9.17) is 46.7 Å². The first-order chi connectivity index (χ1) is 44.7. The lowest BCUT2D eigenvalue weighted by molar-refractivity contribution is -0.120. The van der Waals surface area contributed by atoms with Gasteiger partial charge in [0, 0.05) is 29.5 Å². The molecule has 0 radical (unpaired) electrons. The Morgan fingerprint density at radius 1 is 0.380 bits per heavy atom. The number of para-hydroxylation sites is 3. The fraction of sp³-hybridized carbons (Fsp3) is 0.268. The van der Waals surface area contributed by atoms with Crippen LogP contribution in [-0.2, 0) is 4.79 Å². The molecule has 92 heavy (non-hydrogen) atoms. The zero-order valence-electron chi connectivity index (χ0n) is 51.2. The molecule has 0 saturated heterocycles. The third-order valence-corrected chi connectivity index (χ3v) is 17.5. The third kappa shape index (κ3) is 13.3.